The van der Waals surface area contributed by atoms with Crippen molar-refractivity contribution in [2.45, 2.75) is 19.8 Å². The van der Waals surface area contributed by atoms with Crippen molar-refractivity contribution in [3.05, 3.63) is 62.9 Å². The fraction of sp³-hybridized carbons (Fsp3) is 0.292. The number of rotatable bonds is 6. The largest absolute Gasteiger partial charge is 0.490 e. The van der Waals surface area contributed by atoms with Crippen molar-refractivity contribution < 1.29 is 14.3 Å². The Labute approximate surface area is 188 Å². The van der Waals surface area contributed by atoms with Crippen LogP contribution in [-0.4, -0.2) is 46.5 Å². The highest BCUT2D eigenvalue weighted by atomic mass is 32.1. The highest BCUT2D eigenvalue weighted by Gasteiger charge is 2.19. The Balaban J connectivity index is 1.44. The van der Waals surface area contributed by atoms with Crippen LogP contribution in [0.5, 0.6) is 11.5 Å². The number of carbonyl (C=O) groups is 1. The Hall–Kier alpha value is -3.39. The van der Waals surface area contributed by atoms with E-state index < -0.39 is 0 Å². The van der Waals surface area contributed by atoms with Crippen molar-refractivity contribution in [2.24, 2.45) is 0 Å². The molecule has 3 heterocycles. The molecule has 0 atom stereocenters. The summed E-state index contributed by atoms with van der Waals surface area (Å²) in [6.07, 6.45) is 3.93. The molecule has 2 aromatic carbocycles. The number of benzene rings is 2. The molecule has 0 aliphatic carbocycles. The molecule has 0 spiro atoms. The van der Waals surface area contributed by atoms with E-state index in [1.54, 1.807) is 10.5 Å². The molecule has 7 nitrogen and oxygen atoms in total. The molecule has 0 N–H and O–H groups in total. The first-order valence-corrected chi connectivity index (χ1v) is 11.5. The highest BCUT2D eigenvalue weighted by Crippen LogP contribution is 2.29. The lowest BCUT2D eigenvalue weighted by atomic mass is 10.2. The zero-order valence-electron chi connectivity index (χ0n) is 17.7. The normalized spacial score (nSPS) is 14.5. The van der Waals surface area contributed by atoms with Gasteiger partial charge in [0.25, 0.3) is 11.5 Å². The number of hydrogen-bond acceptors (Lipinski definition) is 6. The van der Waals surface area contributed by atoms with Crippen LogP contribution in [0.2, 0.25) is 0 Å². The van der Waals surface area contributed by atoms with Crippen LogP contribution in [0.3, 0.4) is 0 Å². The van der Waals surface area contributed by atoms with Crippen molar-refractivity contribution in [1.82, 2.24) is 14.3 Å². The number of nitrogens with zero attached hydrogens (tertiary/aromatic N) is 3. The van der Waals surface area contributed by atoms with E-state index in [1.165, 1.54) is 11.3 Å². The summed E-state index contributed by atoms with van der Waals surface area (Å²) in [5.41, 5.74) is 2.35. The van der Waals surface area contributed by atoms with E-state index in [9.17, 15) is 9.59 Å². The third-order valence-electron chi connectivity index (χ3n) is 5.52. The number of carbonyl (C=O) groups excluding carboxylic acids is 1. The molecule has 32 heavy (non-hydrogen) atoms. The smallest absolute Gasteiger partial charge is 0.274 e. The monoisotopic (exact) mass is 449 g/mol. The Bertz CT molecular complexity index is 1400. The Morgan fingerprint density at radius 3 is 2.75 bits per heavy atom. The standard InChI is InChI=1S/C24H23N3O4S/c1-2-30-20-13-16(9-10-19(20)31-15-22(28)26-11-5-6-12-26)14-21-23(29)27-18-8-4-3-7-17(18)25-24(27)32-21/h3-4,7-10,13-14H,2,5-6,11-12,15H2,1H3/b21-14-. The van der Waals surface area contributed by atoms with Crippen LogP contribution >= 0.6 is 11.3 Å². The summed E-state index contributed by atoms with van der Waals surface area (Å²) in [6, 6.07) is 13.1. The molecule has 0 saturated carbocycles. The summed E-state index contributed by atoms with van der Waals surface area (Å²) < 4.78 is 13.8. The SMILES string of the molecule is CCOc1cc(/C=c2\sc3nc4ccccc4n3c2=O)ccc1OCC(=O)N1CCCC1. The fourth-order valence-corrected chi connectivity index (χ4v) is 4.95. The molecule has 1 fully saturated rings. The molecule has 1 aliphatic rings. The molecule has 8 heteroatoms. The quantitative estimate of drug-likeness (QED) is 0.453. The first-order valence-electron chi connectivity index (χ1n) is 10.7. The van der Waals surface area contributed by atoms with E-state index in [1.807, 2.05) is 54.3 Å². The minimum atomic E-state index is -0.0896. The molecule has 4 aromatic rings. The third-order valence-corrected chi connectivity index (χ3v) is 6.49. The second-order valence-corrected chi connectivity index (χ2v) is 8.66. The fourth-order valence-electron chi connectivity index (χ4n) is 3.96. The number of imidazole rings is 1. The van der Waals surface area contributed by atoms with Crippen LogP contribution in [0, 0.1) is 0 Å². The molecular weight excluding hydrogens is 426 g/mol. The minimum absolute atomic E-state index is 0.00857. The first kappa shape index (κ1) is 20.5. The van der Waals surface area contributed by atoms with E-state index in [-0.39, 0.29) is 18.1 Å². The maximum Gasteiger partial charge on any atom is 0.274 e. The van der Waals surface area contributed by atoms with Gasteiger partial charge in [-0.1, -0.05) is 29.5 Å². The number of hydrogen-bond donors (Lipinski definition) is 0. The van der Waals surface area contributed by atoms with Crippen molar-refractivity contribution >= 4 is 39.3 Å². The topological polar surface area (TPSA) is 73.1 Å². The summed E-state index contributed by atoms with van der Waals surface area (Å²) in [6.45, 7) is 3.94. The molecule has 0 unspecified atom stereocenters. The van der Waals surface area contributed by atoms with Crippen molar-refractivity contribution in [3.8, 4) is 11.5 Å². The van der Waals surface area contributed by atoms with E-state index in [0.29, 0.717) is 27.6 Å². The van der Waals surface area contributed by atoms with Crippen molar-refractivity contribution in [2.75, 3.05) is 26.3 Å². The number of ether oxygens (including phenoxy) is 2. The van der Waals surface area contributed by atoms with Crippen LogP contribution in [0.4, 0.5) is 0 Å². The van der Waals surface area contributed by atoms with E-state index in [2.05, 4.69) is 4.98 Å². The van der Waals surface area contributed by atoms with Gasteiger partial charge in [-0.05, 0) is 55.7 Å². The summed E-state index contributed by atoms with van der Waals surface area (Å²) >= 11 is 1.36. The number of aromatic nitrogens is 2. The molecule has 0 bridgehead atoms. The van der Waals surface area contributed by atoms with Gasteiger partial charge >= 0.3 is 0 Å². The summed E-state index contributed by atoms with van der Waals surface area (Å²) in [4.78, 5) is 32.3. The van der Waals surface area contributed by atoms with Gasteiger partial charge in [-0.3, -0.25) is 9.59 Å². The molecular formula is C24H23N3O4S. The van der Waals surface area contributed by atoms with Gasteiger partial charge in [-0.15, -0.1) is 0 Å². The van der Waals surface area contributed by atoms with Crippen LogP contribution in [0.25, 0.3) is 22.1 Å². The lowest BCUT2D eigenvalue weighted by Crippen LogP contribution is -2.32. The predicted molar refractivity (Wildman–Crippen MR) is 125 cm³/mol. The summed E-state index contributed by atoms with van der Waals surface area (Å²) in [5, 5.41) is 0. The van der Waals surface area contributed by atoms with Gasteiger partial charge in [0.2, 0.25) is 0 Å². The van der Waals surface area contributed by atoms with Gasteiger partial charge in [0.05, 0.1) is 22.2 Å². The Kier molecular flexibility index (Phi) is 5.53. The van der Waals surface area contributed by atoms with Gasteiger partial charge in [0.15, 0.2) is 23.1 Å². The van der Waals surface area contributed by atoms with Gasteiger partial charge in [0, 0.05) is 13.1 Å². The van der Waals surface area contributed by atoms with Crippen LogP contribution in [-0.2, 0) is 4.79 Å². The minimum Gasteiger partial charge on any atom is -0.490 e. The van der Waals surface area contributed by atoms with E-state index >= 15 is 0 Å². The zero-order chi connectivity index (χ0) is 22.1. The Morgan fingerprint density at radius 2 is 1.94 bits per heavy atom. The van der Waals surface area contributed by atoms with Crippen molar-refractivity contribution in [3.63, 3.8) is 0 Å². The molecule has 164 valence electrons. The maximum absolute atomic E-state index is 13.0. The average molecular weight is 450 g/mol. The van der Waals surface area contributed by atoms with Gasteiger partial charge in [-0.2, -0.15) is 0 Å². The number of likely N-dealkylation sites (tertiary alicyclic amines) is 1. The number of amides is 1. The third kappa shape index (κ3) is 3.82. The maximum atomic E-state index is 13.0. The second-order valence-electron chi connectivity index (χ2n) is 7.65. The van der Waals surface area contributed by atoms with Crippen LogP contribution < -0.4 is 19.6 Å². The molecule has 0 radical (unpaired) electrons. The van der Waals surface area contributed by atoms with Crippen molar-refractivity contribution in [1.29, 1.82) is 0 Å². The second kappa shape index (κ2) is 8.63. The first-order chi connectivity index (χ1) is 15.6. The van der Waals surface area contributed by atoms with Gasteiger partial charge in [0.1, 0.15) is 0 Å². The molecule has 5 rings (SSSR count). The predicted octanol–water partition coefficient (Wildman–Crippen LogP) is 2.86. The number of para-hydroxylation sites is 2. The van der Waals surface area contributed by atoms with Crippen LogP contribution in [0.1, 0.15) is 25.3 Å². The van der Waals surface area contributed by atoms with E-state index in [0.717, 1.165) is 42.5 Å². The summed E-state index contributed by atoms with van der Waals surface area (Å²) in [5.74, 6) is 1.06. The van der Waals surface area contributed by atoms with Crippen LogP contribution in [0.15, 0.2) is 47.3 Å². The summed E-state index contributed by atoms with van der Waals surface area (Å²) in [7, 11) is 0. The molecule has 1 saturated heterocycles. The molecule has 1 aliphatic heterocycles. The van der Waals surface area contributed by atoms with Gasteiger partial charge in [-0.25, -0.2) is 9.38 Å². The molecule has 2 aromatic heterocycles. The van der Waals surface area contributed by atoms with E-state index in [4.69, 9.17) is 9.47 Å². The lowest BCUT2D eigenvalue weighted by molar-refractivity contribution is -0.132. The number of thiazole rings is 1. The Morgan fingerprint density at radius 1 is 1.12 bits per heavy atom. The molecule has 1 amide bonds. The number of fused-ring (bicyclic) bond motifs is 3. The lowest BCUT2D eigenvalue weighted by Gasteiger charge is -2.17. The average Bonchev–Trinajstić information content (AvgIpc) is 3.51. The highest BCUT2D eigenvalue weighted by molar-refractivity contribution is 7.15. The zero-order valence-corrected chi connectivity index (χ0v) is 18.6. The van der Waals surface area contributed by atoms with Gasteiger partial charge < -0.3 is 14.4 Å².